The summed E-state index contributed by atoms with van der Waals surface area (Å²) in [6, 6.07) is 9.60. The van der Waals surface area contributed by atoms with Crippen molar-refractivity contribution >= 4 is 22.4 Å². The Labute approximate surface area is 144 Å². The van der Waals surface area contributed by atoms with Crippen molar-refractivity contribution in [2.75, 3.05) is 11.9 Å². The lowest BCUT2D eigenvalue weighted by Crippen LogP contribution is -2.34. The number of benzene rings is 2. The lowest BCUT2D eigenvalue weighted by atomic mass is 9.88. The van der Waals surface area contributed by atoms with Gasteiger partial charge in [0.2, 0.25) is 0 Å². The highest BCUT2D eigenvalue weighted by Gasteiger charge is 2.43. The number of carbonyl (C=O) groups is 1. The highest BCUT2D eigenvalue weighted by molar-refractivity contribution is 6.28. The number of aryl methyl sites for hydroxylation is 1. The van der Waals surface area contributed by atoms with E-state index in [2.05, 4.69) is 11.1 Å². The maximum Gasteiger partial charge on any atom is 0.259 e. The Balaban J connectivity index is 2.05. The quantitative estimate of drug-likeness (QED) is 0.636. The molecule has 3 aromatic rings. The topological polar surface area (TPSA) is 55.2 Å². The molecule has 5 rings (SSSR count). The van der Waals surface area contributed by atoms with Crippen LogP contribution in [0, 0.1) is 6.92 Å². The average Bonchev–Trinajstić information content (AvgIpc) is 2.93. The third-order valence-corrected chi connectivity index (χ3v) is 5.51. The zero-order valence-electron chi connectivity index (χ0n) is 14.5. The van der Waals surface area contributed by atoms with Crippen molar-refractivity contribution in [2.24, 2.45) is 0 Å². The number of rotatable bonds is 0. The lowest BCUT2D eigenvalue weighted by Gasteiger charge is -2.23. The third kappa shape index (κ3) is 1.51. The van der Waals surface area contributed by atoms with Gasteiger partial charge in [-0.1, -0.05) is 12.1 Å². The summed E-state index contributed by atoms with van der Waals surface area (Å²) in [4.78, 5) is 32.1. The normalized spacial score (nSPS) is 16.5. The lowest BCUT2D eigenvalue weighted by molar-refractivity contribution is 0.0999. The van der Waals surface area contributed by atoms with Gasteiger partial charge in [-0.25, -0.2) is 4.98 Å². The molecule has 0 saturated carbocycles. The Morgan fingerprint density at radius 1 is 1.08 bits per heavy atom. The SMILES string of the molecule is Cc1cc(=O)n2c(n1)-c1c(cc3cccc4c3c1C(=O)N4C)C2(C)C. The fourth-order valence-corrected chi connectivity index (χ4v) is 4.35. The van der Waals surface area contributed by atoms with Crippen molar-refractivity contribution in [3.05, 3.63) is 57.5 Å². The number of aromatic nitrogens is 2. The number of hydrogen-bond acceptors (Lipinski definition) is 3. The van der Waals surface area contributed by atoms with Crippen LogP contribution in [-0.4, -0.2) is 22.5 Å². The number of carbonyl (C=O) groups excluding carboxylic acids is 1. The summed E-state index contributed by atoms with van der Waals surface area (Å²) in [7, 11) is 1.79. The van der Waals surface area contributed by atoms with E-state index in [1.165, 1.54) is 0 Å². The molecule has 0 fully saturated rings. The van der Waals surface area contributed by atoms with Crippen LogP contribution in [0.25, 0.3) is 22.2 Å². The van der Waals surface area contributed by atoms with Gasteiger partial charge in [0, 0.05) is 29.8 Å². The monoisotopic (exact) mass is 331 g/mol. The molecule has 2 aliphatic heterocycles. The number of nitrogens with zero attached hydrogens (tertiary/aromatic N) is 3. The fourth-order valence-electron chi connectivity index (χ4n) is 4.35. The molecule has 0 bridgehead atoms. The number of amides is 1. The van der Waals surface area contributed by atoms with E-state index < -0.39 is 5.54 Å². The average molecular weight is 331 g/mol. The van der Waals surface area contributed by atoms with Crippen molar-refractivity contribution in [3.63, 3.8) is 0 Å². The molecule has 1 aromatic heterocycles. The summed E-state index contributed by atoms with van der Waals surface area (Å²) in [6.07, 6.45) is 0. The fraction of sp³-hybridized carbons (Fsp3) is 0.250. The maximum absolute atomic E-state index is 13.0. The maximum atomic E-state index is 13.0. The van der Waals surface area contributed by atoms with Crippen LogP contribution in [0.5, 0.6) is 0 Å². The predicted molar refractivity (Wildman–Crippen MR) is 97.3 cm³/mol. The minimum Gasteiger partial charge on any atom is -0.311 e. The van der Waals surface area contributed by atoms with Crippen LogP contribution in [0.1, 0.15) is 35.5 Å². The molecule has 3 heterocycles. The van der Waals surface area contributed by atoms with Gasteiger partial charge >= 0.3 is 0 Å². The predicted octanol–water partition coefficient (Wildman–Crippen LogP) is 3.06. The number of fused-ring (bicyclic) bond motifs is 4. The standard InChI is InChI=1S/C20H17N3O2/c1-10-8-14(24)23-18(21-10)16-12(20(23,2)3)9-11-6-5-7-13-15(11)17(16)19(25)22(13)4/h5-9H,1-4H3. The molecular weight excluding hydrogens is 314 g/mol. The van der Waals surface area contributed by atoms with E-state index in [9.17, 15) is 9.59 Å². The molecule has 5 nitrogen and oxygen atoms in total. The van der Waals surface area contributed by atoms with Crippen molar-refractivity contribution in [1.82, 2.24) is 9.55 Å². The first-order valence-electron chi connectivity index (χ1n) is 8.32. The second-order valence-electron chi connectivity index (χ2n) is 7.37. The van der Waals surface area contributed by atoms with E-state index in [1.807, 2.05) is 39.0 Å². The summed E-state index contributed by atoms with van der Waals surface area (Å²) in [6.45, 7) is 5.82. The number of anilines is 1. The Bertz CT molecular complexity index is 1190. The molecule has 0 spiro atoms. The van der Waals surface area contributed by atoms with Crippen LogP contribution in [-0.2, 0) is 5.54 Å². The first kappa shape index (κ1) is 14.4. The third-order valence-electron chi connectivity index (χ3n) is 5.51. The molecule has 0 aliphatic carbocycles. The zero-order valence-corrected chi connectivity index (χ0v) is 14.5. The minimum absolute atomic E-state index is 0.0388. The molecule has 2 aliphatic rings. The summed E-state index contributed by atoms with van der Waals surface area (Å²) >= 11 is 0. The molecular formula is C20H17N3O2. The van der Waals surface area contributed by atoms with Crippen LogP contribution in [0.2, 0.25) is 0 Å². The summed E-state index contributed by atoms with van der Waals surface area (Å²) < 4.78 is 1.71. The zero-order chi connectivity index (χ0) is 17.7. The van der Waals surface area contributed by atoms with Gasteiger partial charge in [-0.05, 0) is 43.9 Å². The van der Waals surface area contributed by atoms with E-state index >= 15 is 0 Å². The van der Waals surface area contributed by atoms with E-state index in [0.717, 1.165) is 27.6 Å². The highest BCUT2D eigenvalue weighted by Crippen LogP contribution is 2.49. The van der Waals surface area contributed by atoms with Crippen molar-refractivity contribution in [2.45, 2.75) is 26.3 Å². The van der Waals surface area contributed by atoms with Crippen LogP contribution < -0.4 is 10.5 Å². The molecule has 124 valence electrons. The van der Waals surface area contributed by atoms with Gasteiger partial charge in [-0.2, -0.15) is 0 Å². The van der Waals surface area contributed by atoms with Crippen LogP contribution in [0.3, 0.4) is 0 Å². The number of hydrogen-bond donors (Lipinski definition) is 0. The summed E-state index contributed by atoms with van der Waals surface area (Å²) in [5.41, 5.74) is 3.39. The molecule has 0 unspecified atom stereocenters. The van der Waals surface area contributed by atoms with Crippen LogP contribution >= 0.6 is 0 Å². The van der Waals surface area contributed by atoms with E-state index in [4.69, 9.17) is 0 Å². The molecule has 1 amide bonds. The van der Waals surface area contributed by atoms with Gasteiger partial charge in [0.25, 0.3) is 11.5 Å². The summed E-state index contributed by atoms with van der Waals surface area (Å²) in [5.74, 6) is 0.559. The largest absolute Gasteiger partial charge is 0.311 e. The minimum atomic E-state index is -0.551. The second kappa shape index (κ2) is 4.17. The van der Waals surface area contributed by atoms with Crippen molar-refractivity contribution < 1.29 is 4.79 Å². The highest BCUT2D eigenvalue weighted by atomic mass is 16.2. The van der Waals surface area contributed by atoms with Crippen molar-refractivity contribution in [3.8, 4) is 11.4 Å². The molecule has 5 heteroatoms. The van der Waals surface area contributed by atoms with Gasteiger partial charge < -0.3 is 4.90 Å². The van der Waals surface area contributed by atoms with Gasteiger partial charge in [0.1, 0.15) is 5.82 Å². The van der Waals surface area contributed by atoms with Crippen LogP contribution in [0.15, 0.2) is 35.1 Å². The van der Waals surface area contributed by atoms with Crippen molar-refractivity contribution in [1.29, 1.82) is 0 Å². The van der Waals surface area contributed by atoms with Gasteiger partial charge in [-0.15, -0.1) is 0 Å². The first-order valence-corrected chi connectivity index (χ1v) is 8.32. The molecule has 0 N–H and O–H groups in total. The van der Waals surface area contributed by atoms with E-state index in [0.29, 0.717) is 17.1 Å². The first-order chi connectivity index (χ1) is 11.8. The van der Waals surface area contributed by atoms with Gasteiger partial charge in [0.15, 0.2) is 0 Å². The Hall–Kier alpha value is -2.95. The molecule has 25 heavy (non-hydrogen) atoms. The molecule has 0 radical (unpaired) electrons. The van der Waals surface area contributed by atoms with E-state index in [-0.39, 0.29) is 11.5 Å². The Morgan fingerprint density at radius 3 is 2.60 bits per heavy atom. The van der Waals surface area contributed by atoms with Gasteiger partial charge in [-0.3, -0.25) is 14.2 Å². The van der Waals surface area contributed by atoms with E-state index in [1.54, 1.807) is 22.6 Å². The molecule has 2 aromatic carbocycles. The summed E-state index contributed by atoms with van der Waals surface area (Å²) in [5, 5.41) is 1.98. The van der Waals surface area contributed by atoms with Gasteiger partial charge in [0.05, 0.1) is 16.8 Å². The molecule has 0 saturated heterocycles. The molecule has 0 atom stereocenters. The smallest absolute Gasteiger partial charge is 0.259 e. The second-order valence-corrected chi connectivity index (χ2v) is 7.37. The Kier molecular flexibility index (Phi) is 2.40. The van der Waals surface area contributed by atoms with Crippen LogP contribution in [0.4, 0.5) is 5.69 Å². The Morgan fingerprint density at radius 2 is 1.84 bits per heavy atom.